The Bertz CT molecular complexity index is 329. The molecule has 1 unspecified atom stereocenters. The molecule has 2 heteroatoms. The fourth-order valence-electron chi connectivity index (χ4n) is 2.21. The topological polar surface area (TPSA) is 26.0 Å². The highest BCUT2D eigenvalue weighted by Gasteiger charge is 2.26. The number of benzene rings is 1. The molecule has 2 N–H and O–H groups in total. The van der Waals surface area contributed by atoms with Gasteiger partial charge in [-0.2, -0.15) is 0 Å². The first-order valence-corrected chi connectivity index (χ1v) is 6.84. The predicted octanol–water partition coefficient (Wildman–Crippen LogP) is 4.45. The minimum absolute atomic E-state index is 0.239. The molecular formula is C14H22BrN. The zero-order valence-corrected chi connectivity index (χ0v) is 12.0. The summed E-state index contributed by atoms with van der Waals surface area (Å²) in [4.78, 5) is 0. The lowest BCUT2D eigenvalue weighted by Crippen LogP contribution is -2.35. The van der Waals surface area contributed by atoms with Gasteiger partial charge in [-0.05, 0) is 30.9 Å². The molecule has 1 aromatic carbocycles. The molecule has 0 saturated carbocycles. The van der Waals surface area contributed by atoms with Gasteiger partial charge in [0.2, 0.25) is 0 Å². The molecule has 1 nitrogen and oxygen atoms in total. The van der Waals surface area contributed by atoms with Crippen molar-refractivity contribution in [2.45, 2.75) is 45.6 Å². The first-order valence-electron chi connectivity index (χ1n) is 6.05. The van der Waals surface area contributed by atoms with E-state index < -0.39 is 0 Å². The van der Waals surface area contributed by atoms with Gasteiger partial charge in [-0.25, -0.2) is 0 Å². The van der Waals surface area contributed by atoms with Gasteiger partial charge in [-0.3, -0.25) is 0 Å². The van der Waals surface area contributed by atoms with Crippen molar-refractivity contribution in [1.29, 1.82) is 0 Å². The van der Waals surface area contributed by atoms with Crippen molar-refractivity contribution >= 4 is 15.9 Å². The van der Waals surface area contributed by atoms with E-state index in [0.717, 1.165) is 10.9 Å². The maximum Gasteiger partial charge on any atom is 0.0394 e. The smallest absolute Gasteiger partial charge is 0.0394 e. The molecule has 1 aromatic rings. The van der Waals surface area contributed by atoms with Gasteiger partial charge in [0.25, 0.3) is 0 Å². The Morgan fingerprint density at radius 3 is 2.31 bits per heavy atom. The van der Waals surface area contributed by atoms with E-state index in [1.807, 2.05) is 6.07 Å². The molecule has 1 atom stereocenters. The summed E-state index contributed by atoms with van der Waals surface area (Å²) in [6.07, 6.45) is 3.45. The predicted molar refractivity (Wildman–Crippen MR) is 74.4 cm³/mol. The van der Waals surface area contributed by atoms with Crippen LogP contribution in [0.25, 0.3) is 0 Å². The number of hydrogen-bond acceptors (Lipinski definition) is 1. The van der Waals surface area contributed by atoms with Crippen LogP contribution < -0.4 is 5.73 Å². The molecule has 90 valence electrons. The summed E-state index contributed by atoms with van der Waals surface area (Å²) in [5.41, 5.74) is 7.43. The Kier molecular flexibility index (Phi) is 5.00. The average molecular weight is 284 g/mol. The lowest BCUT2D eigenvalue weighted by atomic mass is 9.82. The van der Waals surface area contributed by atoms with Crippen LogP contribution in [0.3, 0.4) is 0 Å². The minimum atomic E-state index is -0.239. The van der Waals surface area contributed by atoms with Crippen LogP contribution in [0.5, 0.6) is 0 Å². The molecule has 0 aliphatic heterocycles. The molecule has 1 rings (SSSR count). The van der Waals surface area contributed by atoms with E-state index in [2.05, 4.69) is 54.9 Å². The van der Waals surface area contributed by atoms with E-state index in [9.17, 15) is 0 Å². The van der Waals surface area contributed by atoms with Gasteiger partial charge in [0.15, 0.2) is 0 Å². The van der Waals surface area contributed by atoms with Crippen LogP contribution in [0.4, 0.5) is 0 Å². The number of hydrogen-bond donors (Lipinski definition) is 1. The summed E-state index contributed by atoms with van der Waals surface area (Å²) in [6, 6.07) is 8.26. The summed E-state index contributed by atoms with van der Waals surface area (Å²) in [6.45, 7) is 6.61. The second kappa shape index (κ2) is 5.83. The number of nitrogens with two attached hydrogens (primary N) is 1. The van der Waals surface area contributed by atoms with Crippen LogP contribution >= 0.6 is 15.9 Å². The van der Waals surface area contributed by atoms with Gasteiger partial charge < -0.3 is 5.73 Å². The Balaban J connectivity index is 2.89. The van der Waals surface area contributed by atoms with Gasteiger partial charge in [0, 0.05) is 10.0 Å². The van der Waals surface area contributed by atoms with E-state index in [4.69, 9.17) is 5.73 Å². The van der Waals surface area contributed by atoms with Gasteiger partial charge in [0.05, 0.1) is 0 Å². The van der Waals surface area contributed by atoms with Crippen molar-refractivity contribution in [3.05, 3.63) is 34.3 Å². The van der Waals surface area contributed by atoms with Crippen molar-refractivity contribution in [3.8, 4) is 0 Å². The highest BCUT2D eigenvalue weighted by atomic mass is 79.9. The fraction of sp³-hybridized carbons (Fsp3) is 0.571. The molecule has 0 fully saturated rings. The van der Waals surface area contributed by atoms with Gasteiger partial charge in [-0.1, -0.05) is 60.8 Å². The molecule has 0 aliphatic carbocycles. The van der Waals surface area contributed by atoms with Crippen LogP contribution in [0, 0.1) is 5.92 Å². The number of rotatable bonds is 5. The van der Waals surface area contributed by atoms with Crippen LogP contribution in [0.15, 0.2) is 28.7 Å². The first-order chi connectivity index (χ1) is 7.51. The molecule has 0 aromatic heterocycles. The molecular weight excluding hydrogens is 262 g/mol. The van der Waals surface area contributed by atoms with Crippen molar-refractivity contribution < 1.29 is 0 Å². The van der Waals surface area contributed by atoms with Gasteiger partial charge in [0.1, 0.15) is 0 Å². The summed E-state index contributed by atoms with van der Waals surface area (Å²) in [5, 5.41) is 0. The molecule has 0 radical (unpaired) electrons. The second-order valence-electron chi connectivity index (χ2n) is 4.78. The number of halogens is 1. The van der Waals surface area contributed by atoms with Crippen molar-refractivity contribution in [2.24, 2.45) is 11.7 Å². The summed E-state index contributed by atoms with van der Waals surface area (Å²) in [7, 11) is 0. The third kappa shape index (κ3) is 3.33. The average Bonchev–Trinajstić information content (AvgIpc) is 2.26. The highest BCUT2D eigenvalue weighted by Crippen LogP contribution is 2.32. The SMILES string of the molecule is CCC(CC)CC(C)(N)c1ccccc1Br. The van der Waals surface area contributed by atoms with Crippen LogP contribution in [0.2, 0.25) is 0 Å². The van der Waals surface area contributed by atoms with E-state index in [1.165, 1.54) is 18.4 Å². The standard InChI is InChI=1S/C14H22BrN/c1-4-11(5-2)10-14(3,16)12-8-6-7-9-13(12)15/h6-9,11H,4-5,10,16H2,1-3H3. The molecule has 0 aliphatic rings. The van der Waals surface area contributed by atoms with E-state index in [1.54, 1.807) is 0 Å². The zero-order valence-electron chi connectivity index (χ0n) is 10.5. The lowest BCUT2D eigenvalue weighted by molar-refractivity contribution is 0.328. The molecule has 0 saturated heterocycles. The molecule has 0 amide bonds. The Labute approximate surface area is 108 Å². The Morgan fingerprint density at radius 2 is 1.81 bits per heavy atom. The largest absolute Gasteiger partial charge is 0.322 e. The first kappa shape index (κ1) is 13.7. The highest BCUT2D eigenvalue weighted by molar-refractivity contribution is 9.10. The van der Waals surface area contributed by atoms with Gasteiger partial charge in [-0.15, -0.1) is 0 Å². The normalized spacial score (nSPS) is 15.1. The van der Waals surface area contributed by atoms with Crippen LogP contribution in [-0.4, -0.2) is 0 Å². The minimum Gasteiger partial charge on any atom is -0.322 e. The molecule has 0 heterocycles. The van der Waals surface area contributed by atoms with Crippen molar-refractivity contribution in [3.63, 3.8) is 0 Å². The van der Waals surface area contributed by atoms with Crippen molar-refractivity contribution in [2.75, 3.05) is 0 Å². The Morgan fingerprint density at radius 1 is 1.25 bits per heavy atom. The summed E-state index contributed by atoms with van der Waals surface area (Å²) >= 11 is 3.59. The molecule has 16 heavy (non-hydrogen) atoms. The van der Waals surface area contributed by atoms with E-state index >= 15 is 0 Å². The third-order valence-corrected chi connectivity index (χ3v) is 4.05. The lowest BCUT2D eigenvalue weighted by Gasteiger charge is -2.30. The fourth-order valence-corrected chi connectivity index (χ4v) is 2.95. The molecule has 0 bridgehead atoms. The third-order valence-electron chi connectivity index (χ3n) is 3.36. The molecule has 0 spiro atoms. The van der Waals surface area contributed by atoms with Crippen LogP contribution in [-0.2, 0) is 5.54 Å². The van der Waals surface area contributed by atoms with Crippen molar-refractivity contribution in [1.82, 2.24) is 0 Å². The van der Waals surface area contributed by atoms with Crippen LogP contribution in [0.1, 0.15) is 45.6 Å². The van der Waals surface area contributed by atoms with E-state index in [-0.39, 0.29) is 5.54 Å². The maximum atomic E-state index is 6.46. The second-order valence-corrected chi connectivity index (χ2v) is 5.64. The monoisotopic (exact) mass is 283 g/mol. The van der Waals surface area contributed by atoms with Gasteiger partial charge >= 0.3 is 0 Å². The quantitative estimate of drug-likeness (QED) is 0.849. The zero-order chi connectivity index (χ0) is 12.2. The Hall–Kier alpha value is -0.340. The van der Waals surface area contributed by atoms with E-state index in [0.29, 0.717) is 5.92 Å². The summed E-state index contributed by atoms with van der Waals surface area (Å²) in [5.74, 6) is 0.710. The maximum absolute atomic E-state index is 6.46. The summed E-state index contributed by atoms with van der Waals surface area (Å²) < 4.78 is 1.12.